The summed E-state index contributed by atoms with van der Waals surface area (Å²) in [4.78, 5) is 29.8. The van der Waals surface area contributed by atoms with Gasteiger partial charge in [-0.1, -0.05) is 59.8 Å². The molecule has 1 aliphatic heterocycles. The van der Waals surface area contributed by atoms with Gasteiger partial charge in [0.2, 0.25) is 5.60 Å². The van der Waals surface area contributed by atoms with Gasteiger partial charge in [-0.05, 0) is 36.6 Å². The highest BCUT2D eigenvalue weighted by molar-refractivity contribution is 6.08. The van der Waals surface area contributed by atoms with Crippen molar-refractivity contribution in [3.05, 3.63) is 71.3 Å². The van der Waals surface area contributed by atoms with Gasteiger partial charge in [0.05, 0.1) is 12.1 Å². The maximum atomic E-state index is 13.0. The summed E-state index contributed by atoms with van der Waals surface area (Å²) in [5.41, 5.74) is 2.36. The smallest absolute Gasteiger partial charge is 0.308 e. The summed E-state index contributed by atoms with van der Waals surface area (Å²) in [6, 6.07) is 15.3. The highest BCUT2D eigenvalue weighted by Gasteiger charge is 2.48. The van der Waals surface area contributed by atoms with Gasteiger partial charge in [0.1, 0.15) is 0 Å². The molecule has 2 aromatic carbocycles. The van der Waals surface area contributed by atoms with Crippen molar-refractivity contribution in [3.8, 4) is 0 Å². The Kier molecular flexibility index (Phi) is 5.59. The lowest BCUT2D eigenvalue weighted by atomic mass is 9.91. The van der Waals surface area contributed by atoms with Crippen LogP contribution in [0.5, 0.6) is 0 Å². The topological polar surface area (TPSA) is 88.0 Å². The summed E-state index contributed by atoms with van der Waals surface area (Å²) >= 11 is 0. The first-order valence-electron chi connectivity index (χ1n) is 8.97. The van der Waals surface area contributed by atoms with Crippen LogP contribution in [0.3, 0.4) is 0 Å². The van der Waals surface area contributed by atoms with Crippen LogP contribution in [0.25, 0.3) is 6.08 Å². The molecule has 0 saturated carbocycles. The lowest BCUT2D eigenvalue weighted by Gasteiger charge is -2.24. The monoisotopic (exact) mass is 378 g/mol. The van der Waals surface area contributed by atoms with E-state index in [2.05, 4.69) is 10.5 Å². The summed E-state index contributed by atoms with van der Waals surface area (Å²) in [5.74, 6) is -1.64. The molecule has 2 N–H and O–H groups in total. The van der Waals surface area contributed by atoms with Crippen LogP contribution >= 0.6 is 0 Å². The zero-order valence-electron chi connectivity index (χ0n) is 15.8. The summed E-state index contributed by atoms with van der Waals surface area (Å²) in [6.07, 6.45) is 3.20. The number of aryl methyl sites for hydroxylation is 2. The van der Waals surface area contributed by atoms with E-state index in [1.165, 1.54) is 0 Å². The highest BCUT2D eigenvalue weighted by atomic mass is 16.7. The average Bonchev–Trinajstić information content (AvgIpc) is 3.07. The van der Waals surface area contributed by atoms with Crippen molar-refractivity contribution < 1.29 is 19.5 Å². The van der Waals surface area contributed by atoms with E-state index in [-0.39, 0.29) is 6.42 Å². The minimum Gasteiger partial charge on any atom is -0.481 e. The molecule has 0 bridgehead atoms. The van der Waals surface area contributed by atoms with Crippen LogP contribution in [0.1, 0.15) is 29.5 Å². The molecule has 6 nitrogen and oxygen atoms in total. The second-order valence-electron chi connectivity index (χ2n) is 6.88. The molecule has 3 rings (SSSR count). The number of carbonyl (C=O) groups is 2. The fourth-order valence-electron chi connectivity index (χ4n) is 3.13. The number of anilines is 1. The zero-order valence-corrected chi connectivity index (χ0v) is 15.8. The maximum Gasteiger partial charge on any atom is 0.308 e. The van der Waals surface area contributed by atoms with Gasteiger partial charge in [0.15, 0.2) is 0 Å². The molecular weight excluding hydrogens is 356 g/mol. The maximum absolute atomic E-state index is 13.0. The molecule has 0 unspecified atom stereocenters. The number of nitrogens with zero attached hydrogens (tertiary/aromatic N) is 1. The van der Waals surface area contributed by atoms with Gasteiger partial charge in [-0.2, -0.15) is 0 Å². The molecule has 1 amide bonds. The van der Waals surface area contributed by atoms with Crippen LogP contribution in [-0.4, -0.2) is 28.3 Å². The van der Waals surface area contributed by atoms with Crippen molar-refractivity contribution in [1.82, 2.24) is 0 Å². The van der Waals surface area contributed by atoms with Gasteiger partial charge in [-0.3, -0.25) is 9.59 Å². The molecule has 2 aromatic rings. The first-order chi connectivity index (χ1) is 13.4. The van der Waals surface area contributed by atoms with E-state index < -0.39 is 23.9 Å². The minimum atomic E-state index is -1.57. The van der Waals surface area contributed by atoms with Crippen LogP contribution in [0.2, 0.25) is 0 Å². The number of oxime groups is 1. The molecule has 0 aromatic heterocycles. The van der Waals surface area contributed by atoms with E-state index in [4.69, 9.17) is 4.84 Å². The Morgan fingerprint density at radius 3 is 2.43 bits per heavy atom. The van der Waals surface area contributed by atoms with E-state index >= 15 is 0 Å². The molecule has 144 valence electrons. The van der Waals surface area contributed by atoms with Gasteiger partial charge in [-0.25, -0.2) is 0 Å². The van der Waals surface area contributed by atoms with E-state index in [0.717, 1.165) is 16.7 Å². The fourth-order valence-corrected chi connectivity index (χ4v) is 3.13. The third kappa shape index (κ3) is 4.28. The normalized spacial score (nSPS) is 18.6. The van der Waals surface area contributed by atoms with Gasteiger partial charge >= 0.3 is 5.97 Å². The SMILES string of the molecule is Cc1cccc(C)c1NC(=O)[C@@]1(CC(=O)O)CC(/C=C/c2ccccc2)=NO1. The molecule has 0 fully saturated rings. The van der Waals surface area contributed by atoms with E-state index in [1.807, 2.05) is 68.5 Å². The molecule has 0 radical (unpaired) electrons. The number of carboxylic acid groups (broad SMARTS) is 1. The van der Waals surface area contributed by atoms with E-state index in [9.17, 15) is 14.7 Å². The number of benzene rings is 2. The Balaban J connectivity index is 1.79. The average molecular weight is 378 g/mol. The molecule has 1 heterocycles. The number of allylic oxidation sites excluding steroid dienone is 1. The van der Waals surface area contributed by atoms with E-state index in [0.29, 0.717) is 11.4 Å². The molecular formula is C22H22N2O4. The molecule has 1 aliphatic rings. The Morgan fingerprint density at radius 1 is 1.11 bits per heavy atom. The summed E-state index contributed by atoms with van der Waals surface area (Å²) in [6.45, 7) is 3.76. The van der Waals surface area contributed by atoms with Crippen LogP contribution in [0.15, 0.2) is 59.8 Å². The second kappa shape index (κ2) is 8.08. The summed E-state index contributed by atoms with van der Waals surface area (Å²) in [7, 11) is 0. The molecule has 0 aliphatic carbocycles. The Bertz CT molecular complexity index is 930. The Hall–Kier alpha value is -3.41. The van der Waals surface area contributed by atoms with E-state index in [1.54, 1.807) is 6.08 Å². The van der Waals surface area contributed by atoms with Crippen molar-refractivity contribution in [1.29, 1.82) is 0 Å². The fraction of sp³-hybridized carbons (Fsp3) is 0.227. The first kappa shape index (κ1) is 19.4. The van der Waals surface area contributed by atoms with Gasteiger partial charge in [0.25, 0.3) is 5.91 Å². The lowest BCUT2D eigenvalue weighted by Crippen LogP contribution is -2.45. The number of para-hydroxylation sites is 1. The zero-order chi connectivity index (χ0) is 20.1. The van der Waals surface area contributed by atoms with Crippen molar-refractivity contribution in [2.45, 2.75) is 32.3 Å². The minimum absolute atomic E-state index is 0.0827. The Morgan fingerprint density at radius 2 is 1.79 bits per heavy atom. The molecule has 1 atom stereocenters. The quantitative estimate of drug-likeness (QED) is 0.797. The van der Waals surface area contributed by atoms with Crippen LogP contribution < -0.4 is 5.32 Å². The van der Waals surface area contributed by atoms with Crippen molar-refractivity contribution in [2.75, 3.05) is 5.32 Å². The number of carboxylic acids is 1. The van der Waals surface area contributed by atoms with Crippen molar-refractivity contribution in [2.24, 2.45) is 5.16 Å². The first-order valence-corrected chi connectivity index (χ1v) is 8.97. The number of hydrogen-bond donors (Lipinski definition) is 2. The largest absolute Gasteiger partial charge is 0.481 e. The summed E-state index contributed by atoms with van der Waals surface area (Å²) in [5, 5.41) is 16.1. The van der Waals surface area contributed by atoms with Gasteiger partial charge < -0.3 is 15.3 Å². The number of amides is 1. The van der Waals surface area contributed by atoms with Gasteiger partial charge in [0, 0.05) is 12.1 Å². The predicted molar refractivity (Wildman–Crippen MR) is 108 cm³/mol. The number of rotatable bonds is 6. The number of nitrogens with one attached hydrogen (secondary N) is 1. The number of carbonyl (C=O) groups excluding carboxylic acids is 1. The lowest BCUT2D eigenvalue weighted by molar-refractivity contribution is -0.152. The molecule has 6 heteroatoms. The van der Waals surface area contributed by atoms with Crippen LogP contribution in [0, 0.1) is 13.8 Å². The molecule has 28 heavy (non-hydrogen) atoms. The molecule has 0 spiro atoms. The Labute approximate surface area is 163 Å². The van der Waals surface area contributed by atoms with Gasteiger partial charge in [-0.15, -0.1) is 0 Å². The standard InChI is InChI=1S/C22H22N2O4/c1-15-7-6-8-16(2)20(15)23-21(27)22(14-19(25)26)13-18(24-28-22)12-11-17-9-4-3-5-10-17/h3-12H,13-14H2,1-2H3,(H,23,27)(H,25,26)/b12-11+/t22-/m0/s1. The summed E-state index contributed by atoms with van der Waals surface area (Å²) < 4.78 is 0. The second-order valence-corrected chi connectivity index (χ2v) is 6.88. The number of aliphatic carboxylic acids is 1. The van der Waals surface area contributed by atoms with Crippen LogP contribution in [-0.2, 0) is 14.4 Å². The van der Waals surface area contributed by atoms with Crippen LogP contribution in [0.4, 0.5) is 5.69 Å². The molecule has 0 saturated heterocycles. The highest BCUT2D eigenvalue weighted by Crippen LogP contribution is 2.31. The number of hydrogen-bond acceptors (Lipinski definition) is 4. The predicted octanol–water partition coefficient (Wildman–Crippen LogP) is 3.95. The third-order valence-corrected chi connectivity index (χ3v) is 4.64. The third-order valence-electron chi connectivity index (χ3n) is 4.64. The van der Waals surface area contributed by atoms with Crippen molar-refractivity contribution in [3.63, 3.8) is 0 Å². The van der Waals surface area contributed by atoms with Crippen molar-refractivity contribution >= 4 is 29.4 Å².